The van der Waals surface area contributed by atoms with Crippen molar-refractivity contribution in [3.63, 3.8) is 0 Å². The van der Waals surface area contributed by atoms with Gasteiger partial charge in [0, 0.05) is 48.2 Å². The lowest BCUT2D eigenvalue weighted by atomic mass is 9.84. The van der Waals surface area contributed by atoms with Gasteiger partial charge in [-0.2, -0.15) is 23.5 Å². The molecule has 0 radical (unpaired) electrons. The van der Waals surface area contributed by atoms with E-state index in [4.69, 9.17) is 0 Å². The van der Waals surface area contributed by atoms with Gasteiger partial charge in [0.1, 0.15) is 0 Å². The van der Waals surface area contributed by atoms with Crippen LogP contribution < -0.4 is 0 Å². The highest BCUT2D eigenvalue weighted by Crippen LogP contribution is 2.32. The van der Waals surface area contributed by atoms with Gasteiger partial charge in [-0.3, -0.25) is 9.59 Å². The number of carbonyl (C=O) groups is 2. The Morgan fingerprint density at radius 1 is 0.926 bits per heavy atom. The molecule has 2 aliphatic heterocycles. The maximum absolute atomic E-state index is 10.9. The zero-order valence-corrected chi connectivity index (χ0v) is 18.8. The van der Waals surface area contributed by atoms with Gasteiger partial charge < -0.3 is 9.80 Å². The zero-order valence-electron chi connectivity index (χ0n) is 17.2. The number of hydrogen-bond donors (Lipinski definition) is 0. The molecule has 1 aliphatic carbocycles. The summed E-state index contributed by atoms with van der Waals surface area (Å²) in [6.45, 7) is 6.38. The SMILES string of the molecule is CC(C)CCC1CSCCN1C=O.O=CN1CCSCC1C1CCCCC1. The van der Waals surface area contributed by atoms with Crippen LogP contribution in [0.25, 0.3) is 0 Å². The van der Waals surface area contributed by atoms with Crippen molar-refractivity contribution in [2.45, 2.75) is 70.9 Å². The minimum absolute atomic E-state index is 0.499. The molecule has 6 heteroatoms. The van der Waals surface area contributed by atoms with Crippen molar-refractivity contribution in [2.75, 3.05) is 36.1 Å². The number of carbonyl (C=O) groups excluding carboxylic acids is 2. The van der Waals surface area contributed by atoms with Crippen molar-refractivity contribution >= 4 is 36.3 Å². The van der Waals surface area contributed by atoms with Crippen molar-refractivity contribution in [1.82, 2.24) is 9.80 Å². The zero-order chi connectivity index (χ0) is 19.5. The monoisotopic (exact) mass is 414 g/mol. The molecule has 0 aromatic rings. The molecule has 2 heterocycles. The number of hydrogen-bond acceptors (Lipinski definition) is 4. The fourth-order valence-corrected chi connectivity index (χ4v) is 6.62. The smallest absolute Gasteiger partial charge is 0.210 e. The molecule has 3 fully saturated rings. The van der Waals surface area contributed by atoms with Crippen LogP contribution in [0.5, 0.6) is 0 Å². The minimum atomic E-state index is 0.499. The molecule has 2 amide bonds. The van der Waals surface area contributed by atoms with Crippen LogP contribution in [0.2, 0.25) is 0 Å². The first-order chi connectivity index (χ1) is 13.2. The lowest BCUT2D eigenvalue weighted by Crippen LogP contribution is -2.46. The van der Waals surface area contributed by atoms with Crippen molar-refractivity contribution in [3.8, 4) is 0 Å². The number of amides is 2. The molecule has 0 N–H and O–H groups in total. The second kappa shape index (κ2) is 13.0. The standard InChI is InChI=1S/C11H19NOS.C10H19NOS/c13-9-12-6-7-14-8-11(12)10-4-2-1-3-5-10;1-9(2)3-4-10-7-13-6-5-11(10)8-12/h9-11H,1-8H2;8-10H,3-7H2,1-2H3. The van der Waals surface area contributed by atoms with E-state index >= 15 is 0 Å². The molecular formula is C21H38N2O2S2. The van der Waals surface area contributed by atoms with Crippen LogP contribution in [0.15, 0.2) is 0 Å². The van der Waals surface area contributed by atoms with E-state index in [0.717, 1.165) is 55.0 Å². The van der Waals surface area contributed by atoms with E-state index in [1.54, 1.807) is 0 Å². The van der Waals surface area contributed by atoms with Gasteiger partial charge in [0.15, 0.2) is 0 Å². The van der Waals surface area contributed by atoms with E-state index in [-0.39, 0.29) is 0 Å². The summed E-state index contributed by atoms with van der Waals surface area (Å²) in [5.41, 5.74) is 0. The van der Waals surface area contributed by atoms with Crippen LogP contribution >= 0.6 is 23.5 Å². The first-order valence-electron chi connectivity index (χ1n) is 10.7. The first-order valence-corrected chi connectivity index (χ1v) is 13.0. The van der Waals surface area contributed by atoms with Crippen LogP contribution in [0.3, 0.4) is 0 Å². The van der Waals surface area contributed by atoms with Crippen LogP contribution in [-0.2, 0) is 9.59 Å². The molecule has 0 spiro atoms. The lowest BCUT2D eigenvalue weighted by Gasteiger charge is -2.39. The summed E-state index contributed by atoms with van der Waals surface area (Å²) in [5, 5.41) is 0. The van der Waals surface area contributed by atoms with E-state index in [1.165, 1.54) is 50.7 Å². The van der Waals surface area contributed by atoms with Crippen LogP contribution in [0.4, 0.5) is 0 Å². The molecule has 3 rings (SSSR count). The van der Waals surface area contributed by atoms with Crippen molar-refractivity contribution < 1.29 is 9.59 Å². The third-order valence-electron chi connectivity index (χ3n) is 6.02. The van der Waals surface area contributed by atoms with E-state index in [9.17, 15) is 9.59 Å². The van der Waals surface area contributed by atoms with E-state index in [2.05, 4.69) is 13.8 Å². The molecular weight excluding hydrogens is 376 g/mol. The molecule has 4 nitrogen and oxygen atoms in total. The van der Waals surface area contributed by atoms with Crippen LogP contribution in [-0.4, -0.2) is 70.8 Å². The van der Waals surface area contributed by atoms with Gasteiger partial charge in [-0.1, -0.05) is 33.1 Å². The third-order valence-corrected chi connectivity index (χ3v) is 8.16. The van der Waals surface area contributed by atoms with Crippen LogP contribution in [0.1, 0.15) is 58.8 Å². The van der Waals surface area contributed by atoms with Crippen LogP contribution in [0, 0.1) is 11.8 Å². The summed E-state index contributed by atoms with van der Waals surface area (Å²) in [7, 11) is 0. The summed E-state index contributed by atoms with van der Waals surface area (Å²) in [6, 6.07) is 1.05. The largest absolute Gasteiger partial charge is 0.341 e. The summed E-state index contributed by atoms with van der Waals surface area (Å²) in [5.74, 6) is 6.08. The quantitative estimate of drug-likeness (QED) is 0.613. The van der Waals surface area contributed by atoms with Gasteiger partial charge in [0.05, 0.1) is 0 Å². The van der Waals surface area contributed by atoms with Gasteiger partial charge in [-0.15, -0.1) is 0 Å². The Morgan fingerprint density at radius 3 is 2.19 bits per heavy atom. The Kier molecular flexibility index (Phi) is 11.0. The average Bonchev–Trinajstić information content (AvgIpc) is 2.73. The number of thioether (sulfide) groups is 2. The van der Waals surface area contributed by atoms with Gasteiger partial charge in [-0.05, 0) is 37.5 Å². The van der Waals surface area contributed by atoms with Crippen molar-refractivity contribution in [2.24, 2.45) is 11.8 Å². The van der Waals surface area contributed by atoms with Crippen molar-refractivity contribution in [3.05, 3.63) is 0 Å². The second-order valence-electron chi connectivity index (χ2n) is 8.43. The minimum Gasteiger partial charge on any atom is -0.341 e. The average molecular weight is 415 g/mol. The normalized spacial score (nSPS) is 27.1. The van der Waals surface area contributed by atoms with E-state index < -0.39 is 0 Å². The van der Waals surface area contributed by atoms with E-state index in [1.807, 2.05) is 33.3 Å². The van der Waals surface area contributed by atoms with Gasteiger partial charge in [-0.25, -0.2) is 0 Å². The molecule has 2 atom stereocenters. The molecule has 156 valence electrons. The molecule has 2 unspecified atom stereocenters. The number of rotatable bonds is 6. The Bertz CT molecular complexity index is 430. The maximum atomic E-state index is 10.9. The molecule has 0 bridgehead atoms. The Morgan fingerprint density at radius 2 is 1.56 bits per heavy atom. The third kappa shape index (κ3) is 7.88. The summed E-state index contributed by atoms with van der Waals surface area (Å²) in [6.07, 6.45) is 11.3. The van der Waals surface area contributed by atoms with Gasteiger partial charge in [0.25, 0.3) is 0 Å². The molecule has 0 aromatic heterocycles. The molecule has 1 saturated carbocycles. The molecule has 3 aliphatic rings. The summed E-state index contributed by atoms with van der Waals surface area (Å²) >= 11 is 3.99. The Labute approximate surface area is 174 Å². The Balaban J connectivity index is 0.000000194. The summed E-state index contributed by atoms with van der Waals surface area (Å²) < 4.78 is 0. The highest BCUT2D eigenvalue weighted by Gasteiger charge is 2.30. The molecule has 27 heavy (non-hydrogen) atoms. The highest BCUT2D eigenvalue weighted by molar-refractivity contribution is 7.99. The van der Waals surface area contributed by atoms with Gasteiger partial charge in [0.2, 0.25) is 12.8 Å². The molecule has 2 saturated heterocycles. The fraction of sp³-hybridized carbons (Fsp3) is 0.905. The van der Waals surface area contributed by atoms with E-state index in [0.29, 0.717) is 12.1 Å². The van der Waals surface area contributed by atoms with Gasteiger partial charge >= 0.3 is 0 Å². The fourth-order valence-electron chi connectivity index (χ4n) is 4.27. The number of nitrogens with zero attached hydrogens (tertiary/aromatic N) is 2. The first kappa shape index (κ1) is 22.9. The topological polar surface area (TPSA) is 40.6 Å². The maximum Gasteiger partial charge on any atom is 0.210 e. The lowest BCUT2D eigenvalue weighted by molar-refractivity contribution is -0.121. The predicted octanol–water partition coefficient (Wildman–Crippen LogP) is 4.14. The predicted molar refractivity (Wildman–Crippen MR) is 118 cm³/mol. The summed E-state index contributed by atoms with van der Waals surface area (Å²) in [4.78, 5) is 25.7. The second-order valence-corrected chi connectivity index (χ2v) is 10.7. The highest BCUT2D eigenvalue weighted by atomic mass is 32.2. The Hall–Kier alpha value is -0.360. The van der Waals surface area contributed by atoms with Crippen molar-refractivity contribution in [1.29, 1.82) is 0 Å². The molecule has 0 aromatic carbocycles.